The zero-order valence-corrected chi connectivity index (χ0v) is 16.8. The topological polar surface area (TPSA) is 86.7 Å². The lowest BCUT2D eigenvalue weighted by Gasteiger charge is -2.35. The van der Waals surface area contributed by atoms with E-state index in [0.717, 1.165) is 44.4 Å². The van der Waals surface area contributed by atoms with Crippen LogP contribution >= 0.6 is 27.3 Å². The summed E-state index contributed by atoms with van der Waals surface area (Å²) in [6.45, 7) is 0. The van der Waals surface area contributed by atoms with Crippen molar-refractivity contribution in [1.82, 2.24) is 19.7 Å². The summed E-state index contributed by atoms with van der Waals surface area (Å²) >= 11 is 5.15. The Morgan fingerprint density at radius 2 is 2.04 bits per heavy atom. The molecule has 2 saturated carbocycles. The van der Waals surface area contributed by atoms with Crippen LogP contribution in [0.5, 0.6) is 0 Å². The van der Waals surface area contributed by atoms with E-state index in [-0.39, 0.29) is 0 Å². The van der Waals surface area contributed by atoms with Crippen molar-refractivity contribution in [3.8, 4) is 22.1 Å². The minimum absolute atomic E-state index is 0.305. The minimum atomic E-state index is -0.513. The van der Waals surface area contributed by atoms with Crippen LogP contribution in [0.1, 0.15) is 64.6 Å². The molecule has 2 aromatic heterocycles. The van der Waals surface area contributed by atoms with Gasteiger partial charge in [-0.2, -0.15) is 0 Å². The molecule has 7 rings (SSSR count). The Morgan fingerprint density at radius 1 is 1.22 bits per heavy atom. The number of hydrogen-bond acceptors (Lipinski definition) is 5. The van der Waals surface area contributed by atoms with Crippen molar-refractivity contribution in [2.24, 2.45) is 5.73 Å². The highest BCUT2D eigenvalue weighted by molar-refractivity contribution is 9.10. The molecular formula is C19H16BrN5OS. The quantitative estimate of drug-likeness (QED) is 0.658. The fourth-order valence-electron chi connectivity index (χ4n) is 4.31. The number of halogens is 1. The van der Waals surface area contributed by atoms with Gasteiger partial charge >= 0.3 is 0 Å². The van der Waals surface area contributed by atoms with Crippen LogP contribution in [0.4, 0.5) is 0 Å². The van der Waals surface area contributed by atoms with Crippen molar-refractivity contribution in [2.75, 3.05) is 0 Å². The fourth-order valence-corrected chi connectivity index (χ4v) is 5.73. The molecule has 0 spiro atoms. The molecule has 1 amide bonds. The molecule has 27 heavy (non-hydrogen) atoms. The van der Waals surface area contributed by atoms with Gasteiger partial charge in [-0.05, 0) is 49.3 Å². The van der Waals surface area contributed by atoms with Crippen molar-refractivity contribution in [1.29, 1.82) is 0 Å². The first kappa shape index (κ1) is 15.9. The average Bonchev–Trinajstić information content (AvgIpc) is 3.26. The van der Waals surface area contributed by atoms with Crippen LogP contribution in [0, 0.1) is 0 Å². The number of aromatic nitrogens is 4. The maximum atomic E-state index is 12.2. The third-order valence-electron chi connectivity index (χ3n) is 5.89. The highest BCUT2D eigenvalue weighted by Crippen LogP contribution is 2.54. The van der Waals surface area contributed by atoms with Crippen molar-refractivity contribution in [2.45, 2.75) is 43.6 Å². The van der Waals surface area contributed by atoms with Gasteiger partial charge in [-0.3, -0.25) is 4.79 Å². The predicted molar refractivity (Wildman–Crippen MR) is 106 cm³/mol. The predicted octanol–water partition coefficient (Wildman–Crippen LogP) is 4.24. The van der Waals surface area contributed by atoms with E-state index in [1.165, 1.54) is 18.4 Å². The second-order valence-corrected chi connectivity index (χ2v) is 9.57. The van der Waals surface area contributed by atoms with Gasteiger partial charge in [0.2, 0.25) is 0 Å². The van der Waals surface area contributed by atoms with Gasteiger partial charge < -0.3 is 10.3 Å². The van der Waals surface area contributed by atoms with Gasteiger partial charge in [0, 0.05) is 22.0 Å². The number of nitrogens with zero attached hydrogens (tertiary/aromatic N) is 4. The standard InChI is InChI=1S/C19H16BrN5OS/c20-10-3-4-12-9-5-11(6-9)25-15(19-24-23-18(27-19)8-1-2-8)14(16(21)26)22-17(25)13(12)7-10/h3-4,7-9,11H,1-2,5-6H2,(H2,21,26). The Hall–Kier alpha value is -2.06. The van der Waals surface area contributed by atoms with Gasteiger partial charge in [0.1, 0.15) is 16.5 Å². The van der Waals surface area contributed by atoms with Gasteiger partial charge in [0.05, 0.1) is 0 Å². The van der Waals surface area contributed by atoms with Gasteiger partial charge in [-0.1, -0.05) is 33.3 Å². The zero-order chi connectivity index (χ0) is 18.3. The number of carbonyl (C=O) groups excluding carboxylic acids is 1. The molecule has 2 fully saturated rings. The molecule has 8 heteroatoms. The molecule has 0 atom stereocenters. The molecule has 2 aliphatic heterocycles. The van der Waals surface area contributed by atoms with Crippen molar-refractivity contribution >= 4 is 33.2 Å². The maximum Gasteiger partial charge on any atom is 0.269 e. The number of nitrogens with two attached hydrogens (primary N) is 1. The summed E-state index contributed by atoms with van der Waals surface area (Å²) in [6, 6.07) is 6.66. The van der Waals surface area contributed by atoms with Crippen LogP contribution < -0.4 is 5.73 Å². The molecule has 0 saturated heterocycles. The van der Waals surface area contributed by atoms with Crippen molar-refractivity contribution in [3.63, 3.8) is 0 Å². The zero-order valence-electron chi connectivity index (χ0n) is 14.4. The van der Waals surface area contributed by atoms with Gasteiger partial charge in [-0.15, -0.1) is 10.2 Å². The van der Waals surface area contributed by atoms with Gasteiger partial charge in [0.25, 0.3) is 5.91 Å². The molecule has 4 heterocycles. The van der Waals surface area contributed by atoms with E-state index >= 15 is 0 Å². The first-order chi connectivity index (χ1) is 13.1. The number of rotatable bonds is 3. The summed E-state index contributed by atoms with van der Waals surface area (Å²) in [5, 5.41) is 10.6. The summed E-state index contributed by atoms with van der Waals surface area (Å²) in [5.41, 5.74) is 9.16. The third-order valence-corrected chi connectivity index (χ3v) is 7.47. The van der Waals surface area contributed by atoms with Crippen LogP contribution in [0.3, 0.4) is 0 Å². The lowest BCUT2D eigenvalue weighted by Crippen LogP contribution is -2.24. The lowest BCUT2D eigenvalue weighted by molar-refractivity contribution is 0.0996. The first-order valence-electron chi connectivity index (χ1n) is 9.15. The molecule has 136 valence electrons. The number of amides is 1. The van der Waals surface area contributed by atoms with Crippen LogP contribution in [0.25, 0.3) is 22.1 Å². The van der Waals surface area contributed by atoms with Gasteiger partial charge in [0.15, 0.2) is 10.7 Å². The monoisotopic (exact) mass is 441 g/mol. The van der Waals surface area contributed by atoms with Crippen LogP contribution in [0.2, 0.25) is 0 Å². The normalized spacial score (nSPS) is 22.6. The van der Waals surface area contributed by atoms with Crippen LogP contribution in [-0.2, 0) is 0 Å². The third kappa shape index (κ3) is 2.29. The molecule has 4 aliphatic rings. The number of carbonyl (C=O) groups is 1. The lowest BCUT2D eigenvalue weighted by atomic mass is 9.75. The molecule has 3 aromatic rings. The molecule has 0 radical (unpaired) electrons. The number of imidazole rings is 1. The molecule has 6 nitrogen and oxygen atoms in total. The minimum Gasteiger partial charge on any atom is -0.364 e. The van der Waals surface area contributed by atoms with E-state index < -0.39 is 5.91 Å². The average molecular weight is 442 g/mol. The molecule has 2 N–H and O–H groups in total. The molecule has 2 bridgehead atoms. The number of hydrogen-bond donors (Lipinski definition) is 1. The van der Waals surface area contributed by atoms with E-state index in [1.807, 2.05) is 0 Å². The summed E-state index contributed by atoms with van der Waals surface area (Å²) in [6.07, 6.45) is 4.45. The number of primary amides is 1. The Labute approximate surface area is 168 Å². The Kier molecular flexibility index (Phi) is 3.24. The van der Waals surface area contributed by atoms with Crippen LogP contribution in [-0.4, -0.2) is 25.7 Å². The second-order valence-electron chi connectivity index (χ2n) is 7.64. The second kappa shape index (κ2) is 5.48. The SMILES string of the molecule is NC(=O)c1nc2n(c1-c1nnc(C3CC3)s1)C1CC(C1)c1ccc(Br)cc1-2. The largest absolute Gasteiger partial charge is 0.364 e. The van der Waals surface area contributed by atoms with Gasteiger partial charge in [-0.25, -0.2) is 4.98 Å². The van der Waals surface area contributed by atoms with E-state index in [9.17, 15) is 4.79 Å². The summed E-state index contributed by atoms with van der Waals surface area (Å²) in [4.78, 5) is 17.0. The smallest absolute Gasteiger partial charge is 0.269 e. The molecular weight excluding hydrogens is 426 g/mol. The fraction of sp³-hybridized carbons (Fsp3) is 0.368. The van der Waals surface area contributed by atoms with Crippen LogP contribution in [0.15, 0.2) is 22.7 Å². The van der Waals surface area contributed by atoms with E-state index in [2.05, 4.69) is 48.9 Å². The maximum absolute atomic E-state index is 12.2. The Morgan fingerprint density at radius 3 is 2.78 bits per heavy atom. The highest BCUT2D eigenvalue weighted by atomic mass is 79.9. The van der Waals surface area contributed by atoms with E-state index in [4.69, 9.17) is 10.7 Å². The summed E-state index contributed by atoms with van der Waals surface area (Å²) < 4.78 is 3.20. The highest BCUT2D eigenvalue weighted by Gasteiger charge is 2.42. The summed E-state index contributed by atoms with van der Waals surface area (Å²) in [7, 11) is 0. The molecule has 0 unspecified atom stereocenters. The first-order valence-corrected chi connectivity index (χ1v) is 10.8. The molecule has 1 aromatic carbocycles. The Balaban J connectivity index is 1.62. The number of benzene rings is 1. The van der Waals surface area contributed by atoms with Crippen molar-refractivity contribution in [3.05, 3.63) is 38.9 Å². The Bertz CT molecular complexity index is 1110. The van der Waals surface area contributed by atoms with Crippen molar-refractivity contribution < 1.29 is 4.79 Å². The van der Waals surface area contributed by atoms with E-state index in [1.54, 1.807) is 11.3 Å². The summed E-state index contributed by atoms with van der Waals surface area (Å²) in [5.74, 6) is 1.38. The molecule has 2 aliphatic carbocycles. The van der Waals surface area contributed by atoms with E-state index in [0.29, 0.717) is 23.6 Å².